The highest BCUT2D eigenvalue weighted by Gasteiger charge is 2.06. The molecule has 0 aliphatic rings. The number of hydrogen-bond donors (Lipinski definition) is 2. The fourth-order valence-corrected chi connectivity index (χ4v) is 1.28. The predicted octanol–water partition coefficient (Wildman–Crippen LogP) is 2.64. The molecule has 0 aromatic heterocycles. The first kappa shape index (κ1) is 10.4. The predicted molar refractivity (Wildman–Crippen MR) is 57.2 cm³/mol. The van der Waals surface area contributed by atoms with Crippen molar-refractivity contribution in [3.63, 3.8) is 0 Å². The van der Waals surface area contributed by atoms with Crippen LogP contribution in [0.4, 0.5) is 0 Å². The van der Waals surface area contributed by atoms with Crippen LogP contribution in [0.3, 0.4) is 0 Å². The van der Waals surface area contributed by atoms with Gasteiger partial charge in [0.2, 0.25) is 5.90 Å². The number of aryl methyl sites for hydroxylation is 2. The smallest absolute Gasteiger partial charge is 0.221 e. The molecule has 0 radical (unpaired) electrons. The summed E-state index contributed by atoms with van der Waals surface area (Å²) in [6.07, 6.45) is 0. The Labute approximate surface area is 83.7 Å². The van der Waals surface area contributed by atoms with Crippen LogP contribution in [0.2, 0.25) is 0 Å². The van der Waals surface area contributed by atoms with Crippen LogP contribution < -0.4 is 0 Å². The molecule has 1 rings (SSSR count). The van der Waals surface area contributed by atoms with Gasteiger partial charge >= 0.3 is 0 Å². The summed E-state index contributed by atoms with van der Waals surface area (Å²) in [5.41, 5.74) is 2.89. The molecule has 0 heterocycles. The third-order valence-electron chi connectivity index (χ3n) is 1.88. The maximum Gasteiger partial charge on any atom is 0.221 e. The molecule has 0 saturated carbocycles. The van der Waals surface area contributed by atoms with E-state index in [0.29, 0.717) is 0 Å². The zero-order chi connectivity index (χ0) is 10.7. The quantitative estimate of drug-likeness (QED) is 0.519. The molecule has 0 spiro atoms. The highest BCUT2D eigenvalue weighted by Crippen LogP contribution is 2.11. The lowest BCUT2D eigenvalue weighted by Gasteiger charge is -2.08. The first-order valence-electron chi connectivity index (χ1n) is 4.40. The third-order valence-corrected chi connectivity index (χ3v) is 1.88. The number of ether oxygens (including phenoxy) is 1. The van der Waals surface area contributed by atoms with Crippen molar-refractivity contribution in [1.29, 1.82) is 10.8 Å². The van der Waals surface area contributed by atoms with E-state index in [4.69, 9.17) is 15.6 Å². The lowest BCUT2D eigenvalue weighted by molar-refractivity contribution is 0.531. The highest BCUT2D eigenvalue weighted by atomic mass is 16.5. The van der Waals surface area contributed by atoms with Crippen LogP contribution in [0, 0.1) is 24.7 Å². The summed E-state index contributed by atoms with van der Waals surface area (Å²) in [6.45, 7) is 5.45. The Morgan fingerprint density at radius 1 is 1.21 bits per heavy atom. The van der Waals surface area contributed by atoms with E-state index >= 15 is 0 Å². The largest absolute Gasteiger partial charge is 0.426 e. The molecular formula is C11H14N2O. The Hall–Kier alpha value is -1.64. The molecule has 3 nitrogen and oxygen atoms in total. The van der Waals surface area contributed by atoms with Crippen LogP contribution in [-0.4, -0.2) is 11.8 Å². The van der Waals surface area contributed by atoms with E-state index in [1.165, 1.54) is 6.92 Å². The van der Waals surface area contributed by atoms with Crippen molar-refractivity contribution in [2.45, 2.75) is 20.8 Å². The second-order valence-electron chi connectivity index (χ2n) is 3.31. The molecular weight excluding hydrogens is 176 g/mol. The van der Waals surface area contributed by atoms with Gasteiger partial charge in [-0.3, -0.25) is 10.8 Å². The Morgan fingerprint density at radius 2 is 1.86 bits per heavy atom. The summed E-state index contributed by atoms with van der Waals surface area (Å²) < 4.78 is 4.92. The standard InChI is InChI=1S/C11H14N2O/c1-7-4-5-10(8(2)6-7)11(13)14-9(3)12/h4-6,12-13H,1-3H3. The number of rotatable bonds is 1. The van der Waals surface area contributed by atoms with Crippen molar-refractivity contribution in [1.82, 2.24) is 0 Å². The Kier molecular flexibility index (Phi) is 3.02. The molecule has 74 valence electrons. The monoisotopic (exact) mass is 190 g/mol. The van der Waals surface area contributed by atoms with Crippen molar-refractivity contribution in [2.75, 3.05) is 0 Å². The first-order chi connectivity index (χ1) is 6.50. The van der Waals surface area contributed by atoms with E-state index in [2.05, 4.69) is 0 Å². The van der Waals surface area contributed by atoms with Crippen LogP contribution in [0.5, 0.6) is 0 Å². The minimum atomic E-state index is 0.0370. The van der Waals surface area contributed by atoms with Crippen molar-refractivity contribution in [2.24, 2.45) is 0 Å². The number of hydrogen-bond acceptors (Lipinski definition) is 3. The second kappa shape index (κ2) is 4.05. The van der Waals surface area contributed by atoms with Crippen molar-refractivity contribution in [3.8, 4) is 0 Å². The van der Waals surface area contributed by atoms with Gasteiger partial charge in [0.05, 0.1) is 0 Å². The van der Waals surface area contributed by atoms with E-state index in [1.807, 2.05) is 32.0 Å². The Morgan fingerprint density at radius 3 is 2.36 bits per heavy atom. The van der Waals surface area contributed by atoms with E-state index in [0.717, 1.165) is 16.7 Å². The fraction of sp³-hybridized carbons (Fsp3) is 0.273. The maximum absolute atomic E-state index is 7.61. The van der Waals surface area contributed by atoms with Gasteiger partial charge in [-0.05, 0) is 25.5 Å². The van der Waals surface area contributed by atoms with Crippen LogP contribution in [0.15, 0.2) is 18.2 Å². The Bertz CT molecular complexity index is 383. The molecule has 0 saturated heterocycles. The summed E-state index contributed by atoms with van der Waals surface area (Å²) in [5.74, 6) is 0.0741. The molecule has 3 heteroatoms. The van der Waals surface area contributed by atoms with Crippen molar-refractivity contribution >= 4 is 11.8 Å². The van der Waals surface area contributed by atoms with Gasteiger partial charge in [0.15, 0.2) is 5.90 Å². The molecule has 1 aromatic rings. The number of nitrogens with one attached hydrogen (secondary N) is 2. The van der Waals surface area contributed by atoms with E-state index < -0.39 is 0 Å². The number of benzene rings is 1. The molecule has 0 bridgehead atoms. The first-order valence-corrected chi connectivity index (χ1v) is 4.40. The molecule has 0 fully saturated rings. The van der Waals surface area contributed by atoms with Gasteiger partial charge in [-0.15, -0.1) is 0 Å². The minimum absolute atomic E-state index is 0.0370. The lowest BCUT2D eigenvalue weighted by Crippen LogP contribution is -2.10. The van der Waals surface area contributed by atoms with E-state index in [-0.39, 0.29) is 11.8 Å². The van der Waals surface area contributed by atoms with Gasteiger partial charge in [0.1, 0.15) is 0 Å². The van der Waals surface area contributed by atoms with Crippen molar-refractivity contribution < 1.29 is 4.74 Å². The van der Waals surface area contributed by atoms with Gasteiger partial charge in [0, 0.05) is 12.5 Å². The lowest BCUT2D eigenvalue weighted by atomic mass is 10.1. The average Bonchev–Trinajstić information content (AvgIpc) is 2.01. The Balaban J connectivity index is 2.96. The van der Waals surface area contributed by atoms with Gasteiger partial charge < -0.3 is 4.74 Å². The molecule has 0 aliphatic carbocycles. The molecule has 1 aromatic carbocycles. The zero-order valence-electron chi connectivity index (χ0n) is 8.64. The fourth-order valence-electron chi connectivity index (χ4n) is 1.28. The van der Waals surface area contributed by atoms with Gasteiger partial charge in [-0.2, -0.15) is 0 Å². The molecule has 0 amide bonds. The summed E-state index contributed by atoms with van der Waals surface area (Å²) in [5, 5.41) is 14.7. The van der Waals surface area contributed by atoms with Gasteiger partial charge in [-0.1, -0.05) is 17.7 Å². The van der Waals surface area contributed by atoms with Crippen LogP contribution in [-0.2, 0) is 4.74 Å². The minimum Gasteiger partial charge on any atom is -0.426 e. The summed E-state index contributed by atoms with van der Waals surface area (Å²) >= 11 is 0. The van der Waals surface area contributed by atoms with Crippen LogP contribution >= 0.6 is 0 Å². The van der Waals surface area contributed by atoms with Gasteiger partial charge in [0.25, 0.3) is 0 Å². The molecule has 0 aliphatic heterocycles. The topological polar surface area (TPSA) is 56.9 Å². The molecule has 0 unspecified atom stereocenters. The maximum atomic E-state index is 7.61. The highest BCUT2D eigenvalue weighted by molar-refractivity contribution is 5.99. The summed E-state index contributed by atoms with van der Waals surface area (Å²) in [7, 11) is 0. The van der Waals surface area contributed by atoms with Crippen LogP contribution in [0.25, 0.3) is 0 Å². The third kappa shape index (κ3) is 2.42. The van der Waals surface area contributed by atoms with Crippen LogP contribution in [0.1, 0.15) is 23.6 Å². The summed E-state index contributed by atoms with van der Waals surface area (Å²) in [6, 6.07) is 5.77. The summed E-state index contributed by atoms with van der Waals surface area (Å²) in [4.78, 5) is 0. The molecule has 14 heavy (non-hydrogen) atoms. The zero-order valence-corrected chi connectivity index (χ0v) is 8.64. The average molecular weight is 190 g/mol. The van der Waals surface area contributed by atoms with E-state index in [9.17, 15) is 0 Å². The van der Waals surface area contributed by atoms with E-state index in [1.54, 1.807) is 0 Å². The van der Waals surface area contributed by atoms with Gasteiger partial charge in [-0.25, -0.2) is 0 Å². The molecule has 2 N–H and O–H groups in total. The second-order valence-corrected chi connectivity index (χ2v) is 3.31. The van der Waals surface area contributed by atoms with Crippen molar-refractivity contribution in [3.05, 3.63) is 34.9 Å². The normalized spacial score (nSPS) is 9.64. The molecule has 0 atom stereocenters. The SMILES string of the molecule is CC(=N)OC(=N)c1ccc(C)cc1C.